The number of pyridine rings is 1. The van der Waals surface area contributed by atoms with Gasteiger partial charge in [0.1, 0.15) is 30.1 Å². The highest BCUT2D eigenvalue weighted by Gasteiger charge is 2.29. The van der Waals surface area contributed by atoms with Crippen LogP contribution in [0.3, 0.4) is 0 Å². The lowest BCUT2D eigenvalue weighted by Gasteiger charge is -2.30. The maximum absolute atomic E-state index is 12.8. The van der Waals surface area contributed by atoms with Crippen LogP contribution in [0, 0.1) is 11.3 Å². The van der Waals surface area contributed by atoms with E-state index in [1.165, 1.54) is 24.3 Å². The summed E-state index contributed by atoms with van der Waals surface area (Å²) in [6.07, 6.45) is 3.72. The first-order chi connectivity index (χ1) is 16.3. The molecule has 12 heteroatoms. The maximum Gasteiger partial charge on any atom is 0.387 e. The molecule has 0 aliphatic heterocycles. The zero-order valence-electron chi connectivity index (χ0n) is 17.7. The van der Waals surface area contributed by atoms with Crippen molar-refractivity contribution in [3.63, 3.8) is 0 Å². The molecular formula is C22H20F4N4O3S. The molecule has 0 radical (unpaired) electrons. The Morgan fingerprint density at radius 3 is 2.47 bits per heavy atom. The van der Waals surface area contributed by atoms with E-state index in [1.807, 2.05) is 9.29 Å². The van der Waals surface area contributed by atoms with Gasteiger partial charge in [0.25, 0.3) is 0 Å². The highest BCUT2D eigenvalue weighted by molar-refractivity contribution is 7.89. The number of alkyl halides is 4. The van der Waals surface area contributed by atoms with Gasteiger partial charge in [-0.3, -0.25) is 4.98 Å². The predicted molar refractivity (Wildman–Crippen MR) is 115 cm³/mol. The second kappa shape index (κ2) is 9.60. The van der Waals surface area contributed by atoms with Crippen molar-refractivity contribution in [3.05, 3.63) is 42.1 Å². The first-order valence-corrected chi connectivity index (χ1v) is 11.9. The highest BCUT2D eigenvalue weighted by atomic mass is 32.2. The van der Waals surface area contributed by atoms with E-state index >= 15 is 0 Å². The van der Waals surface area contributed by atoms with Crippen LogP contribution in [0.2, 0.25) is 0 Å². The molecule has 0 atom stereocenters. The molecular weight excluding hydrogens is 476 g/mol. The largest absolute Gasteiger partial charge is 0.435 e. The molecule has 0 saturated heterocycles. The number of halogens is 4. The summed E-state index contributed by atoms with van der Waals surface area (Å²) in [5.41, 5.74) is 1.56. The van der Waals surface area contributed by atoms with Gasteiger partial charge in [-0.05, 0) is 49.6 Å². The van der Waals surface area contributed by atoms with Crippen LogP contribution in [0.5, 0.6) is 5.75 Å². The summed E-state index contributed by atoms with van der Waals surface area (Å²) >= 11 is 0. The van der Waals surface area contributed by atoms with Crippen molar-refractivity contribution in [1.29, 1.82) is 5.26 Å². The summed E-state index contributed by atoms with van der Waals surface area (Å²) in [7, 11) is -4.21. The zero-order valence-corrected chi connectivity index (χ0v) is 18.5. The minimum atomic E-state index is -4.21. The summed E-state index contributed by atoms with van der Waals surface area (Å²) in [5, 5.41) is 10.3. The SMILES string of the molecule is N#Cc1c(-c2ccc(S(=O)(=O)NC(CF)CF)cn2)n(C2CCC2)c2ccc(OC(F)F)cc12. The van der Waals surface area contributed by atoms with E-state index in [2.05, 4.69) is 15.8 Å². The molecule has 2 aromatic heterocycles. The van der Waals surface area contributed by atoms with Gasteiger partial charge in [-0.2, -0.15) is 14.0 Å². The van der Waals surface area contributed by atoms with Gasteiger partial charge in [0.2, 0.25) is 10.0 Å². The van der Waals surface area contributed by atoms with Crippen LogP contribution in [-0.2, 0) is 10.0 Å². The molecule has 1 aliphatic carbocycles. The lowest BCUT2D eigenvalue weighted by atomic mass is 9.92. The molecule has 0 spiro atoms. The summed E-state index contributed by atoms with van der Waals surface area (Å²) < 4.78 is 84.1. The molecule has 34 heavy (non-hydrogen) atoms. The Hall–Kier alpha value is -3.17. The lowest BCUT2D eigenvalue weighted by molar-refractivity contribution is -0.0497. The summed E-state index contributed by atoms with van der Waals surface area (Å²) in [6.45, 7) is -5.42. The monoisotopic (exact) mass is 496 g/mol. The lowest BCUT2D eigenvalue weighted by Crippen LogP contribution is -2.37. The third-order valence-corrected chi connectivity index (χ3v) is 7.24. The smallest absolute Gasteiger partial charge is 0.387 e. The quantitative estimate of drug-likeness (QED) is 0.441. The van der Waals surface area contributed by atoms with Gasteiger partial charge in [0.05, 0.1) is 28.5 Å². The number of nitriles is 1. The van der Waals surface area contributed by atoms with E-state index in [9.17, 15) is 31.2 Å². The van der Waals surface area contributed by atoms with E-state index in [1.54, 1.807) is 6.07 Å². The summed E-state index contributed by atoms with van der Waals surface area (Å²) in [5.74, 6) is -0.0907. The van der Waals surface area contributed by atoms with Gasteiger partial charge in [-0.25, -0.2) is 21.9 Å². The number of nitrogens with zero attached hydrogens (tertiary/aromatic N) is 3. The van der Waals surface area contributed by atoms with Crippen LogP contribution in [0.4, 0.5) is 17.6 Å². The fraction of sp³-hybridized carbons (Fsp3) is 0.364. The maximum atomic E-state index is 12.8. The minimum Gasteiger partial charge on any atom is -0.435 e. The molecule has 1 aliphatic rings. The van der Waals surface area contributed by atoms with Crippen molar-refractivity contribution in [3.8, 4) is 23.2 Å². The number of aromatic nitrogens is 2. The van der Waals surface area contributed by atoms with Crippen molar-refractivity contribution in [2.24, 2.45) is 0 Å². The third kappa shape index (κ3) is 4.45. The number of hydrogen-bond acceptors (Lipinski definition) is 5. The number of sulfonamides is 1. The van der Waals surface area contributed by atoms with Gasteiger partial charge in [0, 0.05) is 17.6 Å². The van der Waals surface area contributed by atoms with Gasteiger partial charge >= 0.3 is 6.61 Å². The average molecular weight is 496 g/mol. The molecule has 7 nitrogen and oxygen atoms in total. The first-order valence-electron chi connectivity index (χ1n) is 10.4. The van der Waals surface area contributed by atoms with Crippen molar-refractivity contribution >= 4 is 20.9 Å². The van der Waals surface area contributed by atoms with Gasteiger partial charge in [-0.1, -0.05) is 0 Å². The Morgan fingerprint density at radius 2 is 1.94 bits per heavy atom. The second-order valence-corrected chi connectivity index (χ2v) is 9.57. The first kappa shape index (κ1) is 24.0. The second-order valence-electron chi connectivity index (χ2n) is 7.85. The fourth-order valence-corrected chi connectivity index (χ4v) is 5.07. The molecule has 0 unspecified atom stereocenters. The van der Waals surface area contributed by atoms with Crippen LogP contribution in [0.15, 0.2) is 41.4 Å². The molecule has 1 saturated carbocycles. The number of hydrogen-bond donors (Lipinski definition) is 1. The number of fused-ring (bicyclic) bond motifs is 1. The Balaban J connectivity index is 1.81. The zero-order chi connectivity index (χ0) is 24.5. The van der Waals surface area contributed by atoms with E-state index < -0.39 is 36.0 Å². The molecule has 0 bridgehead atoms. The molecule has 1 N–H and O–H groups in total. The number of benzene rings is 1. The molecule has 0 amide bonds. The van der Waals surface area contributed by atoms with Gasteiger partial charge in [-0.15, -0.1) is 0 Å². The van der Waals surface area contributed by atoms with E-state index in [0.29, 0.717) is 22.3 Å². The topological polar surface area (TPSA) is 97.0 Å². The van der Waals surface area contributed by atoms with Crippen LogP contribution < -0.4 is 9.46 Å². The number of rotatable bonds is 9. The average Bonchev–Trinajstić information content (AvgIpc) is 3.09. The number of ether oxygens (including phenoxy) is 1. The van der Waals surface area contributed by atoms with Crippen molar-refractivity contribution in [2.45, 2.75) is 42.9 Å². The van der Waals surface area contributed by atoms with E-state index in [0.717, 1.165) is 25.5 Å². The summed E-state index contributed by atoms with van der Waals surface area (Å²) in [6, 6.07) is 7.67. The highest BCUT2D eigenvalue weighted by Crippen LogP contribution is 2.43. The molecule has 4 rings (SSSR count). The normalized spacial score (nSPS) is 14.5. The Kier molecular flexibility index (Phi) is 6.77. The van der Waals surface area contributed by atoms with Crippen LogP contribution in [0.1, 0.15) is 30.9 Å². The van der Waals surface area contributed by atoms with E-state index in [-0.39, 0.29) is 22.3 Å². The summed E-state index contributed by atoms with van der Waals surface area (Å²) in [4.78, 5) is 3.93. The molecule has 3 aromatic rings. The Labute approximate surface area is 193 Å². The Morgan fingerprint density at radius 1 is 1.21 bits per heavy atom. The van der Waals surface area contributed by atoms with Gasteiger partial charge < -0.3 is 9.30 Å². The standard InChI is InChI=1S/C22H20F4N4O3S/c23-9-13(10-24)29-34(31,32)16-5-6-19(28-12-16)21-18(11-27)17-8-15(33-22(25)26)4-7-20(17)30(21)14-2-1-3-14/h4-8,12-14,22,29H,1-3,9-10H2. The number of nitrogens with one attached hydrogen (secondary N) is 1. The van der Waals surface area contributed by atoms with E-state index in [4.69, 9.17) is 0 Å². The fourth-order valence-electron chi connectivity index (χ4n) is 3.93. The van der Waals surface area contributed by atoms with Crippen LogP contribution in [0.25, 0.3) is 22.3 Å². The van der Waals surface area contributed by atoms with Crippen molar-refractivity contribution < 1.29 is 30.7 Å². The third-order valence-electron chi connectivity index (χ3n) is 5.74. The van der Waals surface area contributed by atoms with Crippen molar-refractivity contribution in [1.82, 2.24) is 14.3 Å². The molecule has 1 aromatic carbocycles. The van der Waals surface area contributed by atoms with Crippen LogP contribution in [-0.4, -0.2) is 44.0 Å². The molecule has 180 valence electrons. The molecule has 1 fully saturated rings. The minimum absolute atomic E-state index is 0.0585. The molecule has 2 heterocycles. The van der Waals surface area contributed by atoms with Gasteiger partial charge in [0.15, 0.2) is 0 Å². The Bertz CT molecular complexity index is 1330. The predicted octanol–water partition coefficient (Wildman–Crippen LogP) is 4.49. The van der Waals surface area contributed by atoms with Crippen LogP contribution >= 0.6 is 0 Å². The van der Waals surface area contributed by atoms with Crippen molar-refractivity contribution in [2.75, 3.05) is 13.3 Å².